The van der Waals surface area contributed by atoms with Crippen LogP contribution in [0.1, 0.15) is 32.0 Å². The fraction of sp³-hybridized carbons (Fsp3) is 0.471. The number of hydrogen-bond donors (Lipinski definition) is 2. The molecule has 0 unspecified atom stereocenters. The zero-order chi connectivity index (χ0) is 17.0. The highest BCUT2D eigenvalue weighted by molar-refractivity contribution is 6.31. The molecule has 0 bridgehead atoms. The van der Waals surface area contributed by atoms with E-state index in [4.69, 9.17) is 16.3 Å². The third-order valence-corrected chi connectivity index (χ3v) is 5.13. The van der Waals surface area contributed by atoms with Crippen molar-refractivity contribution in [3.8, 4) is 0 Å². The molecule has 1 aliphatic rings. The first-order chi connectivity index (χ1) is 10.6. The summed E-state index contributed by atoms with van der Waals surface area (Å²) in [4.78, 5) is 16.8. The number of H-pyrrole nitrogens is 1. The lowest BCUT2D eigenvalue weighted by atomic mass is 9.95. The lowest BCUT2D eigenvalue weighted by molar-refractivity contribution is -0.126. The van der Waals surface area contributed by atoms with Crippen molar-refractivity contribution in [1.29, 1.82) is 0 Å². The number of cyclic esters (lactones) is 1. The second-order valence-electron chi connectivity index (χ2n) is 6.72. The molecule has 23 heavy (non-hydrogen) atoms. The maximum atomic E-state index is 12.1. The van der Waals surface area contributed by atoms with Crippen LogP contribution in [0.4, 0.5) is 4.79 Å². The molecule has 1 amide bonds. The number of aryl methyl sites for hydroxylation is 1. The van der Waals surface area contributed by atoms with Gasteiger partial charge in [-0.3, -0.25) is 4.90 Å². The van der Waals surface area contributed by atoms with Gasteiger partial charge in [0.2, 0.25) is 0 Å². The van der Waals surface area contributed by atoms with Crippen LogP contribution in [-0.2, 0) is 11.2 Å². The summed E-state index contributed by atoms with van der Waals surface area (Å²) in [6.07, 6.45) is 0.114. The number of aliphatic hydroxyl groups is 1. The van der Waals surface area contributed by atoms with Crippen molar-refractivity contribution in [1.82, 2.24) is 9.88 Å². The third kappa shape index (κ3) is 2.48. The molecule has 2 N–H and O–H groups in total. The lowest BCUT2D eigenvalue weighted by Gasteiger charge is -2.34. The number of carbonyl (C=O) groups excluding carboxylic acids is 1. The van der Waals surface area contributed by atoms with E-state index in [0.717, 1.165) is 22.2 Å². The average Bonchev–Trinajstić information content (AvgIpc) is 2.80. The predicted octanol–water partition coefficient (Wildman–Crippen LogP) is 3.61. The van der Waals surface area contributed by atoms with Crippen LogP contribution >= 0.6 is 11.6 Å². The van der Waals surface area contributed by atoms with E-state index in [0.29, 0.717) is 18.0 Å². The van der Waals surface area contributed by atoms with Crippen LogP contribution in [0.15, 0.2) is 18.2 Å². The Labute approximate surface area is 140 Å². The minimum absolute atomic E-state index is 0.371. The van der Waals surface area contributed by atoms with Crippen LogP contribution in [0.2, 0.25) is 5.02 Å². The number of aromatic nitrogens is 1. The molecule has 1 aromatic heterocycles. The molecule has 0 radical (unpaired) electrons. The summed E-state index contributed by atoms with van der Waals surface area (Å²) in [5, 5.41) is 12.4. The molecule has 1 atom stereocenters. The summed E-state index contributed by atoms with van der Waals surface area (Å²) in [5.41, 5.74) is 0.854. The Morgan fingerprint density at radius 3 is 2.65 bits per heavy atom. The average molecular weight is 337 g/mol. The molecule has 2 aromatic rings. The van der Waals surface area contributed by atoms with E-state index in [-0.39, 0.29) is 0 Å². The molecule has 0 saturated carbocycles. The number of benzene rings is 1. The minimum atomic E-state index is -1.35. The molecule has 1 aromatic carbocycles. The van der Waals surface area contributed by atoms with Crippen LogP contribution in [0, 0.1) is 6.92 Å². The molecule has 1 aliphatic heterocycles. The van der Waals surface area contributed by atoms with Gasteiger partial charge >= 0.3 is 6.09 Å². The molecule has 5 nitrogen and oxygen atoms in total. The maximum Gasteiger partial charge on any atom is 0.412 e. The van der Waals surface area contributed by atoms with Crippen molar-refractivity contribution in [3.63, 3.8) is 0 Å². The first-order valence-corrected chi connectivity index (χ1v) is 8.01. The number of halogens is 1. The van der Waals surface area contributed by atoms with Gasteiger partial charge in [0.15, 0.2) is 11.3 Å². The van der Waals surface area contributed by atoms with E-state index in [1.165, 1.54) is 4.90 Å². The van der Waals surface area contributed by atoms with Gasteiger partial charge in [0, 0.05) is 28.2 Å². The Bertz CT molecular complexity index is 779. The summed E-state index contributed by atoms with van der Waals surface area (Å²) in [6.45, 7) is 7.39. The molecule has 2 heterocycles. The highest BCUT2D eigenvalue weighted by Gasteiger charge is 2.56. The number of hydrogen-bond acceptors (Lipinski definition) is 3. The van der Waals surface area contributed by atoms with Gasteiger partial charge < -0.3 is 14.8 Å². The standard InChI is InChI=1S/C17H21ClN2O3/c1-10-12(13-9-11(18)5-6-14(13)19-10)7-8-20-15(21)23-16(2,3)17(20,4)22/h5-6,9,19,22H,7-8H2,1-4H3/t17-/m0/s1. The lowest BCUT2D eigenvalue weighted by Crippen LogP contribution is -2.54. The van der Waals surface area contributed by atoms with E-state index >= 15 is 0 Å². The van der Waals surface area contributed by atoms with Crippen LogP contribution in [-0.4, -0.2) is 39.0 Å². The van der Waals surface area contributed by atoms with E-state index in [9.17, 15) is 9.90 Å². The molecule has 1 saturated heterocycles. The Hall–Kier alpha value is -1.72. The predicted molar refractivity (Wildman–Crippen MR) is 89.6 cm³/mol. The van der Waals surface area contributed by atoms with Gasteiger partial charge in [-0.25, -0.2) is 4.79 Å². The Kier molecular flexibility index (Phi) is 3.61. The number of ether oxygens (including phenoxy) is 1. The van der Waals surface area contributed by atoms with Gasteiger partial charge in [-0.05, 0) is 57.9 Å². The largest absolute Gasteiger partial charge is 0.438 e. The Morgan fingerprint density at radius 2 is 2.04 bits per heavy atom. The van der Waals surface area contributed by atoms with Crippen molar-refractivity contribution in [2.75, 3.05) is 6.54 Å². The number of rotatable bonds is 3. The van der Waals surface area contributed by atoms with Crippen molar-refractivity contribution < 1.29 is 14.6 Å². The number of nitrogens with zero attached hydrogens (tertiary/aromatic N) is 1. The van der Waals surface area contributed by atoms with Crippen LogP contribution in [0.3, 0.4) is 0 Å². The minimum Gasteiger partial charge on any atom is -0.438 e. The molecule has 6 heteroatoms. The second-order valence-corrected chi connectivity index (χ2v) is 7.16. The molecule has 1 fully saturated rings. The molecule has 0 aliphatic carbocycles. The second kappa shape index (κ2) is 5.14. The van der Waals surface area contributed by atoms with E-state index in [2.05, 4.69) is 4.98 Å². The monoisotopic (exact) mass is 336 g/mol. The van der Waals surface area contributed by atoms with Crippen molar-refractivity contribution in [3.05, 3.63) is 34.5 Å². The summed E-state index contributed by atoms with van der Waals surface area (Å²) in [6, 6.07) is 5.70. The Morgan fingerprint density at radius 1 is 1.35 bits per heavy atom. The van der Waals surface area contributed by atoms with Gasteiger partial charge in [0.1, 0.15) is 0 Å². The molecular formula is C17H21ClN2O3. The van der Waals surface area contributed by atoms with Crippen molar-refractivity contribution in [2.24, 2.45) is 0 Å². The van der Waals surface area contributed by atoms with Gasteiger partial charge in [0.05, 0.1) is 0 Å². The third-order valence-electron chi connectivity index (χ3n) is 4.90. The van der Waals surface area contributed by atoms with E-state index in [1.54, 1.807) is 20.8 Å². The smallest absolute Gasteiger partial charge is 0.412 e. The molecule has 124 valence electrons. The maximum absolute atomic E-state index is 12.1. The van der Waals surface area contributed by atoms with Crippen LogP contribution in [0.25, 0.3) is 10.9 Å². The van der Waals surface area contributed by atoms with Crippen molar-refractivity contribution >= 4 is 28.6 Å². The number of fused-ring (bicyclic) bond motifs is 1. The van der Waals surface area contributed by atoms with E-state index in [1.807, 2.05) is 25.1 Å². The number of amides is 1. The first-order valence-electron chi connectivity index (χ1n) is 7.63. The van der Waals surface area contributed by atoms with Gasteiger partial charge in [0.25, 0.3) is 0 Å². The molecule has 0 spiro atoms. The summed E-state index contributed by atoms with van der Waals surface area (Å²) in [7, 11) is 0. The van der Waals surface area contributed by atoms with Crippen molar-refractivity contribution in [2.45, 2.75) is 45.4 Å². The SMILES string of the molecule is Cc1[nH]c2ccc(Cl)cc2c1CCN1C(=O)OC(C)(C)[C@]1(C)O. The number of nitrogens with one attached hydrogen (secondary N) is 1. The summed E-state index contributed by atoms with van der Waals surface area (Å²) < 4.78 is 5.29. The van der Waals surface area contributed by atoms with Gasteiger partial charge in [-0.15, -0.1) is 0 Å². The molecular weight excluding hydrogens is 316 g/mol. The normalized spacial score (nSPS) is 23.6. The Balaban J connectivity index is 1.88. The fourth-order valence-corrected chi connectivity index (χ4v) is 3.25. The zero-order valence-electron chi connectivity index (χ0n) is 13.7. The quantitative estimate of drug-likeness (QED) is 0.899. The van der Waals surface area contributed by atoms with Gasteiger partial charge in [-0.1, -0.05) is 11.6 Å². The van der Waals surface area contributed by atoms with Crippen LogP contribution < -0.4 is 0 Å². The zero-order valence-corrected chi connectivity index (χ0v) is 14.5. The van der Waals surface area contributed by atoms with Crippen LogP contribution in [0.5, 0.6) is 0 Å². The van der Waals surface area contributed by atoms with Gasteiger partial charge in [-0.2, -0.15) is 0 Å². The fourth-order valence-electron chi connectivity index (χ4n) is 3.08. The number of aromatic amines is 1. The summed E-state index contributed by atoms with van der Waals surface area (Å²) >= 11 is 6.09. The molecule has 3 rings (SSSR count). The first kappa shape index (κ1) is 16.1. The highest BCUT2D eigenvalue weighted by Crippen LogP contribution is 2.37. The van der Waals surface area contributed by atoms with E-state index < -0.39 is 17.4 Å². The highest BCUT2D eigenvalue weighted by atomic mass is 35.5. The number of carbonyl (C=O) groups is 1. The summed E-state index contributed by atoms with van der Waals surface area (Å²) in [5.74, 6) is 0. The topological polar surface area (TPSA) is 65.6 Å².